The highest BCUT2D eigenvalue weighted by atomic mass is 19.1. The molecule has 122 valence electrons. The van der Waals surface area contributed by atoms with E-state index < -0.39 is 6.10 Å². The van der Waals surface area contributed by atoms with Crippen LogP contribution in [0.25, 0.3) is 11.0 Å². The molecule has 5 nitrogen and oxygen atoms in total. The first-order valence-electron chi connectivity index (χ1n) is 7.81. The standard InChI is InChI=1S/C18H16FN3O2/c19-14-6-2-1-4-12(14)16-10-22(8-9-24-16)18(23)13-5-3-7-15-17(13)21-11-20-15/h1-7,11,16H,8-10H2,(H,20,21)/t16-/m0/s1. The van der Waals surface area contributed by atoms with Crippen LogP contribution in [0.15, 0.2) is 48.8 Å². The monoisotopic (exact) mass is 325 g/mol. The van der Waals surface area contributed by atoms with Crippen molar-refractivity contribution >= 4 is 16.9 Å². The van der Waals surface area contributed by atoms with Crippen LogP contribution in [0.3, 0.4) is 0 Å². The minimum Gasteiger partial charge on any atom is -0.370 e. The Morgan fingerprint density at radius 2 is 2.12 bits per heavy atom. The fourth-order valence-electron chi connectivity index (χ4n) is 3.07. The summed E-state index contributed by atoms with van der Waals surface area (Å²) < 4.78 is 19.7. The molecular weight excluding hydrogens is 309 g/mol. The zero-order valence-electron chi connectivity index (χ0n) is 12.9. The van der Waals surface area contributed by atoms with E-state index in [1.54, 1.807) is 35.5 Å². The van der Waals surface area contributed by atoms with Crippen LogP contribution in [-0.2, 0) is 4.74 Å². The third-order valence-electron chi connectivity index (χ3n) is 4.29. The normalized spacial score (nSPS) is 18.0. The van der Waals surface area contributed by atoms with Crippen LogP contribution in [-0.4, -0.2) is 40.5 Å². The summed E-state index contributed by atoms with van der Waals surface area (Å²) in [6, 6.07) is 12.0. The Kier molecular flexibility index (Phi) is 3.74. The summed E-state index contributed by atoms with van der Waals surface area (Å²) in [5.74, 6) is -0.427. The number of carbonyl (C=O) groups excluding carboxylic acids is 1. The first-order valence-corrected chi connectivity index (χ1v) is 7.81. The average Bonchev–Trinajstić information content (AvgIpc) is 3.10. The lowest BCUT2D eigenvalue weighted by Crippen LogP contribution is -2.42. The summed E-state index contributed by atoms with van der Waals surface area (Å²) in [4.78, 5) is 21.8. The van der Waals surface area contributed by atoms with Crippen LogP contribution in [0.5, 0.6) is 0 Å². The number of morpholine rings is 1. The fraction of sp³-hybridized carbons (Fsp3) is 0.222. The molecule has 1 aliphatic rings. The number of hydrogen-bond donors (Lipinski definition) is 1. The SMILES string of the molecule is O=C(c1cccc2[nH]cnc12)N1CCO[C@H](c2ccccc2F)C1. The Labute approximate surface area is 138 Å². The lowest BCUT2D eigenvalue weighted by Gasteiger charge is -2.33. The van der Waals surface area contributed by atoms with Gasteiger partial charge in [-0.1, -0.05) is 24.3 Å². The van der Waals surface area contributed by atoms with E-state index in [1.165, 1.54) is 6.07 Å². The predicted octanol–water partition coefficient (Wildman–Crippen LogP) is 2.92. The van der Waals surface area contributed by atoms with E-state index in [1.807, 2.05) is 12.1 Å². The van der Waals surface area contributed by atoms with Gasteiger partial charge in [-0.15, -0.1) is 0 Å². The third kappa shape index (κ3) is 2.55. The highest BCUT2D eigenvalue weighted by Crippen LogP contribution is 2.26. The number of rotatable bonds is 2. The maximum Gasteiger partial charge on any atom is 0.256 e. The molecule has 0 radical (unpaired) electrons. The predicted molar refractivity (Wildman–Crippen MR) is 87.1 cm³/mol. The number of ether oxygens (including phenoxy) is 1. The Hall–Kier alpha value is -2.73. The van der Waals surface area contributed by atoms with E-state index in [-0.39, 0.29) is 11.7 Å². The number of nitrogens with one attached hydrogen (secondary N) is 1. The van der Waals surface area contributed by atoms with Gasteiger partial charge in [0.15, 0.2) is 0 Å². The van der Waals surface area contributed by atoms with Crippen molar-refractivity contribution in [2.45, 2.75) is 6.10 Å². The van der Waals surface area contributed by atoms with E-state index in [9.17, 15) is 9.18 Å². The molecule has 3 aromatic rings. The first-order chi connectivity index (χ1) is 11.7. The number of nitrogens with zero attached hydrogens (tertiary/aromatic N) is 2. The highest BCUT2D eigenvalue weighted by Gasteiger charge is 2.28. The van der Waals surface area contributed by atoms with Crippen LogP contribution in [0.4, 0.5) is 4.39 Å². The highest BCUT2D eigenvalue weighted by molar-refractivity contribution is 6.04. The summed E-state index contributed by atoms with van der Waals surface area (Å²) in [6.07, 6.45) is 1.12. The number of benzene rings is 2. The molecular formula is C18H16FN3O2. The molecule has 1 saturated heterocycles. The molecule has 1 atom stereocenters. The zero-order chi connectivity index (χ0) is 16.5. The minimum absolute atomic E-state index is 0.114. The number of carbonyl (C=O) groups is 1. The maximum atomic E-state index is 14.0. The molecule has 1 aliphatic heterocycles. The number of para-hydroxylation sites is 1. The summed E-state index contributed by atoms with van der Waals surface area (Å²) in [5.41, 5.74) is 2.49. The van der Waals surface area contributed by atoms with E-state index in [4.69, 9.17) is 4.74 Å². The second kappa shape index (κ2) is 6.05. The van der Waals surface area contributed by atoms with Crippen LogP contribution < -0.4 is 0 Å². The number of H-pyrrole nitrogens is 1. The number of imidazole rings is 1. The smallest absolute Gasteiger partial charge is 0.256 e. The molecule has 1 fully saturated rings. The van der Waals surface area contributed by atoms with Crippen LogP contribution in [0, 0.1) is 5.82 Å². The molecule has 0 saturated carbocycles. The van der Waals surface area contributed by atoms with Gasteiger partial charge in [0.05, 0.1) is 30.6 Å². The topological polar surface area (TPSA) is 58.2 Å². The second-order valence-electron chi connectivity index (χ2n) is 5.74. The second-order valence-corrected chi connectivity index (χ2v) is 5.74. The lowest BCUT2D eigenvalue weighted by molar-refractivity contribution is -0.0242. The summed E-state index contributed by atoms with van der Waals surface area (Å²) in [5, 5.41) is 0. The van der Waals surface area contributed by atoms with Gasteiger partial charge >= 0.3 is 0 Å². The maximum absolute atomic E-state index is 14.0. The molecule has 0 unspecified atom stereocenters. The van der Waals surface area contributed by atoms with E-state index in [0.717, 1.165) is 5.52 Å². The molecule has 1 aromatic heterocycles. The van der Waals surface area contributed by atoms with Crippen LogP contribution in [0.2, 0.25) is 0 Å². The summed E-state index contributed by atoms with van der Waals surface area (Å²) >= 11 is 0. The van der Waals surface area contributed by atoms with Crippen molar-refractivity contribution in [2.24, 2.45) is 0 Å². The van der Waals surface area contributed by atoms with Crippen molar-refractivity contribution < 1.29 is 13.9 Å². The minimum atomic E-state index is -0.456. The van der Waals surface area contributed by atoms with Gasteiger partial charge in [-0.05, 0) is 18.2 Å². The lowest BCUT2D eigenvalue weighted by atomic mass is 10.1. The van der Waals surface area contributed by atoms with Crippen molar-refractivity contribution in [3.8, 4) is 0 Å². The molecule has 0 spiro atoms. The largest absolute Gasteiger partial charge is 0.370 e. The van der Waals surface area contributed by atoms with E-state index in [0.29, 0.717) is 36.3 Å². The Morgan fingerprint density at radius 1 is 1.25 bits per heavy atom. The van der Waals surface area contributed by atoms with Crippen molar-refractivity contribution in [1.82, 2.24) is 14.9 Å². The van der Waals surface area contributed by atoms with E-state index >= 15 is 0 Å². The Balaban J connectivity index is 1.61. The zero-order valence-corrected chi connectivity index (χ0v) is 12.9. The van der Waals surface area contributed by atoms with Crippen molar-refractivity contribution in [3.05, 3.63) is 65.7 Å². The van der Waals surface area contributed by atoms with Crippen molar-refractivity contribution in [3.63, 3.8) is 0 Å². The fourth-order valence-corrected chi connectivity index (χ4v) is 3.07. The molecule has 4 rings (SSSR count). The van der Waals surface area contributed by atoms with Crippen LogP contribution in [0.1, 0.15) is 22.0 Å². The van der Waals surface area contributed by atoms with Gasteiger partial charge in [0.2, 0.25) is 0 Å². The number of aromatic amines is 1. The molecule has 0 aliphatic carbocycles. The van der Waals surface area contributed by atoms with Crippen molar-refractivity contribution in [2.75, 3.05) is 19.7 Å². The molecule has 1 N–H and O–H groups in total. The van der Waals surface area contributed by atoms with Gasteiger partial charge in [0, 0.05) is 12.1 Å². The third-order valence-corrected chi connectivity index (χ3v) is 4.29. The Bertz CT molecular complexity index is 893. The number of hydrogen-bond acceptors (Lipinski definition) is 3. The van der Waals surface area contributed by atoms with Gasteiger partial charge in [-0.2, -0.15) is 0 Å². The molecule has 2 heterocycles. The molecule has 0 bridgehead atoms. The summed E-state index contributed by atoms with van der Waals surface area (Å²) in [6.45, 7) is 1.17. The van der Waals surface area contributed by atoms with Crippen LogP contribution >= 0.6 is 0 Å². The molecule has 1 amide bonds. The number of fused-ring (bicyclic) bond motifs is 1. The average molecular weight is 325 g/mol. The molecule has 24 heavy (non-hydrogen) atoms. The number of halogens is 1. The molecule has 6 heteroatoms. The van der Waals surface area contributed by atoms with Crippen molar-refractivity contribution in [1.29, 1.82) is 0 Å². The number of aromatic nitrogens is 2. The van der Waals surface area contributed by atoms with E-state index in [2.05, 4.69) is 9.97 Å². The Morgan fingerprint density at radius 3 is 3.00 bits per heavy atom. The van der Waals surface area contributed by atoms with Gasteiger partial charge in [0.25, 0.3) is 5.91 Å². The quantitative estimate of drug-likeness (QED) is 0.788. The van der Waals surface area contributed by atoms with Gasteiger partial charge in [-0.25, -0.2) is 9.37 Å². The number of amides is 1. The first kappa shape index (κ1) is 14.8. The summed E-state index contributed by atoms with van der Waals surface area (Å²) in [7, 11) is 0. The van der Waals surface area contributed by atoms with Gasteiger partial charge in [-0.3, -0.25) is 4.79 Å². The van der Waals surface area contributed by atoms with Gasteiger partial charge in [0.1, 0.15) is 17.4 Å². The molecule has 2 aromatic carbocycles. The van der Waals surface area contributed by atoms with Gasteiger partial charge < -0.3 is 14.6 Å².